The Kier molecular flexibility index (Phi) is 3.66. The van der Waals surface area contributed by atoms with Crippen LogP contribution in [0.25, 0.3) is 11.0 Å². The van der Waals surface area contributed by atoms with Crippen molar-refractivity contribution in [1.82, 2.24) is 19.7 Å². The van der Waals surface area contributed by atoms with Gasteiger partial charge in [0.2, 0.25) is 0 Å². The fourth-order valence-electron chi connectivity index (χ4n) is 1.97. The summed E-state index contributed by atoms with van der Waals surface area (Å²) in [7, 11) is 0. The number of alkyl halides is 2. The molecule has 0 aliphatic rings. The summed E-state index contributed by atoms with van der Waals surface area (Å²) in [6.07, 6.45) is 0. The number of thioether (sulfide) groups is 1. The van der Waals surface area contributed by atoms with Gasteiger partial charge in [0, 0.05) is 0 Å². The summed E-state index contributed by atoms with van der Waals surface area (Å²) in [5.41, 5.74) is 2.64. The molecule has 3 rings (SSSR count). The maximum absolute atomic E-state index is 13.3. The van der Waals surface area contributed by atoms with Crippen molar-refractivity contribution in [1.29, 1.82) is 0 Å². The van der Waals surface area contributed by atoms with Crippen molar-refractivity contribution >= 4 is 34.1 Å². The first kappa shape index (κ1) is 13.4. The van der Waals surface area contributed by atoms with Gasteiger partial charge in [-0.15, -0.1) is 10.2 Å². The monoisotopic (exact) mass is 312 g/mol. The van der Waals surface area contributed by atoms with Crippen molar-refractivity contribution in [3.63, 3.8) is 0 Å². The average Bonchev–Trinajstić information content (AvgIpc) is 3.04. The van der Waals surface area contributed by atoms with E-state index >= 15 is 0 Å². The van der Waals surface area contributed by atoms with E-state index in [1.54, 1.807) is 29.8 Å². The van der Waals surface area contributed by atoms with E-state index < -0.39 is 6.55 Å². The lowest BCUT2D eigenvalue weighted by Gasteiger charge is -2.12. The van der Waals surface area contributed by atoms with Gasteiger partial charge in [-0.3, -0.25) is 4.57 Å². The Labute approximate surface area is 121 Å². The van der Waals surface area contributed by atoms with E-state index in [2.05, 4.69) is 15.2 Å². The van der Waals surface area contributed by atoms with Crippen LogP contribution >= 0.6 is 23.1 Å². The van der Waals surface area contributed by atoms with Crippen molar-refractivity contribution < 1.29 is 8.78 Å². The lowest BCUT2D eigenvalue weighted by atomic mass is 10.3. The second-order valence-electron chi connectivity index (χ2n) is 4.07. The first-order chi connectivity index (χ1) is 9.66. The normalized spacial score (nSPS) is 13.2. The van der Waals surface area contributed by atoms with E-state index in [1.165, 1.54) is 23.1 Å². The Morgan fingerprint density at radius 3 is 2.80 bits per heavy atom. The minimum absolute atomic E-state index is 0.232. The number of fused-ring (bicyclic) bond motifs is 1. The minimum Gasteiger partial charge on any atom is -0.269 e. The molecule has 104 valence electrons. The van der Waals surface area contributed by atoms with Crippen LogP contribution in [0.4, 0.5) is 8.78 Å². The zero-order valence-electron chi connectivity index (χ0n) is 10.4. The van der Waals surface area contributed by atoms with E-state index in [0.29, 0.717) is 16.9 Å². The number of rotatable bonds is 4. The molecule has 8 heteroatoms. The third-order valence-electron chi connectivity index (χ3n) is 2.80. The second kappa shape index (κ2) is 5.45. The molecule has 1 unspecified atom stereocenters. The zero-order valence-corrected chi connectivity index (χ0v) is 12.0. The van der Waals surface area contributed by atoms with E-state index in [0.717, 1.165) is 8.91 Å². The van der Waals surface area contributed by atoms with E-state index in [9.17, 15) is 8.78 Å². The van der Waals surface area contributed by atoms with Crippen LogP contribution in [0, 0.1) is 0 Å². The molecule has 0 aliphatic heterocycles. The predicted octanol–water partition coefficient (Wildman–Crippen LogP) is 4.14. The van der Waals surface area contributed by atoms with Gasteiger partial charge in [-0.2, -0.15) is 8.78 Å². The Morgan fingerprint density at radius 2 is 2.10 bits per heavy atom. The second-order valence-corrected chi connectivity index (χ2v) is 6.49. The fraction of sp³-hybridized carbons (Fsp3) is 0.250. The quantitative estimate of drug-likeness (QED) is 0.679. The van der Waals surface area contributed by atoms with Crippen LogP contribution < -0.4 is 0 Å². The molecule has 1 atom stereocenters. The van der Waals surface area contributed by atoms with Crippen molar-refractivity contribution in [3.8, 4) is 0 Å². The molecule has 0 spiro atoms. The minimum atomic E-state index is -2.62. The van der Waals surface area contributed by atoms with Gasteiger partial charge >= 0.3 is 6.55 Å². The lowest BCUT2D eigenvalue weighted by Crippen LogP contribution is -2.06. The predicted molar refractivity (Wildman–Crippen MR) is 75.2 cm³/mol. The summed E-state index contributed by atoms with van der Waals surface area (Å²) in [5.74, 6) is 0.349. The molecule has 0 saturated carbocycles. The van der Waals surface area contributed by atoms with Crippen LogP contribution in [0.2, 0.25) is 0 Å². The summed E-state index contributed by atoms with van der Waals surface area (Å²) >= 11 is 2.76. The van der Waals surface area contributed by atoms with Crippen molar-refractivity contribution in [2.75, 3.05) is 0 Å². The molecular formula is C12H10F2N4S2. The first-order valence-corrected chi connectivity index (χ1v) is 7.60. The van der Waals surface area contributed by atoms with Crippen LogP contribution in [0.5, 0.6) is 0 Å². The van der Waals surface area contributed by atoms with Crippen LogP contribution in [-0.4, -0.2) is 19.7 Å². The number of hydrogen-bond donors (Lipinski definition) is 0. The topological polar surface area (TPSA) is 43.6 Å². The number of hydrogen-bond acceptors (Lipinski definition) is 5. The molecular weight excluding hydrogens is 302 g/mol. The largest absolute Gasteiger partial charge is 0.320 e. The number of nitrogens with zero attached hydrogens (tertiary/aromatic N) is 4. The summed E-state index contributed by atoms with van der Waals surface area (Å²) in [4.78, 5) is 4.33. The van der Waals surface area contributed by atoms with Crippen molar-refractivity contribution in [3.05, 3.63) is 35.6 Å². The highest BCUT2D eigenvalue weighted by Gasteiger charge is 2.23. The molecule has 2 heterocycles. The molecule has 2 aromatic heterocycles. The van der Waals surface area contributed by atoms with Gasteiger partial charge in [0.05, 0.1) is 16.3 Å². The SMILES string of the molecule is CC(Sc1nncs1)c1nc2ccccc2n1C(F)F. The van der Waals surface area contributed by atoms with Crippen LogP contribution in [0.15, 0.2) is 34.1 Å². The van der Waals surface area contributed by atoms with Gasteiger partial charge in [0.1, 0.15) is 11.3 Å². The van der Waals surface area contributed by atoms with Gasteiger partial charge < -0.3 is 0 Å². The molecule has 3 aromatic rings. The molecule has 0 saturated heterocycles. The van der Waals surface area contributed by atoms with Gasteiger partial charge in [-0.25, -0.2) is 4.98 Å². The van der Waals surface area contributed by atoms with E-state index in [1.807, 2.05) is 6.92 Å². The summed E-state index contributed by atoms with van der Waals surface area (Å²) in [6, 6.07) is 6.91. The Bertz CT molecular complexity index is 711. The summed E-state index contributed by atoms with van der Waals surface area (Å²) in [5, 5.41) is 7.43. The average molecular weight is 312 g/mol. The molecule has 0 aliphatic carbocycles. The molecule has 0 fully saturated rings. The maximum atomic E-state index is 13.3. The number of benzene rings is 1. The smallest absolute Gasteiger partial charge is 0.269 e. The number of halogens is 2. The summed E-state index contributed by atoms with van der Waals surface area (Å²) < 4.78 is 28.4. The summed E-state index contributed by atoms with van der Waals surface area (Å²) in [6.45, 7) is -0.776. The van der Waals surface area contributed by atoms with Crippen LogP contribution in [0.3, 0.4) is 0 Å². The standard InChI is InChI=1S/C12H10F2N4S2/c1-7(20-12-17-15-6-19-12)10-16-8-4-2-3-5-9(8)18(10)11(13)14/h2-7,11H,1H3. The molecule has 0 bridgehead atoms. The molecule has 4 nitrogen and oxygen atoms in total. The van der Waals surface area contributed by atoms with Gasteiger partial charge in [0.25, 0.3) is 0 Å². The molecule has 20 heavy (non-hydrogen) atoms. The molecule has 0 N–H and O–H groups in total. The zero-order chi connectivity index (χ0) is 14.1. The highest BCUT2D eigenvalue weighted by Crippen LogP contribution is 2.37. The number of imidazole rings is 1. The third-order valence-corrected chi connectivity index (χ3v) is 4.71. The third kappa shape index (κ3) is 2.40. The Morgan fingerprint density at radius 1 is 1.30 bits per heavy atom. The highest BCUT2D eigenvalue weighted by molar-refractivity contribution is 8.01. The first-order valence-electron chi connectivity index (χ1n) is 5.84. The van der Waals surface area contributed by atoms with Crippen molar-refractivity contribution in [2.24, 2.45) is 0 Å². The maximum Gasteiger partial charge on any atom is 0.320 e. The van der Waals surface area contributed by atoms with E-state index in [4.69, 9.17) is 0 Å². The van der Waals surface area contributed by atoms with Crippen LogP contribution in [-0.2, 0) is 0 Å². The number of aromatic nitrogens is 4. The van der Waals surface area contributed by atoms with Gasteiger partial charge in [-0.05, 0) is 19.1 Å². The molecule has 1 aromatic carbocycles. The lowest BCUT2D eigenvalue weighted by molar-refractivity contribution is 0.0715. The van der Waals surface area contributed by atoms with Gasteiger partial charge in [-0.1, -0.05) is 35.2 Å². The fourth-order valence-corrected chi connectivity index (χ4v) is 3.70. The van der Waals surface area contributed by atoms with Crippen LogP contribution in [0.1, 0.15) is 24.5 Å². The Balaban J connectivity index is 2.03. The highest BCUT2D eigenvalue weighted by atomic mass is 32.2. The Hall–Kier alpha value is -1.54. The molecule has 0 amide bonds. The van der Waals surface area contributed by atoms with E-state index in [-0.39, 0.29) is 5.25 Å². The van der Waals surface area contributed by atoms with Crippen molar-refractivity contribution in [2.45, 2.75) is 23.1 Å². The molecule has 0 radical (unpaired) electrons. The van der Waals surface area contributed by atoms with Gasteiger partial charge in [0.15, 0.2) is 4.34 Å². The number of para-hydroxylation sites is 2.